The fraction of sp³-hybridized carbons (Fsp3) is 0.143. The third kappa shape index (κ3) is 1.78. The van der Waals surface area contributed by atoms with Gasteiger partial charge in [-0.05, 0) is 35.7 Å². The fourth-order valence-corrected chi connectivity index (χ4v) is 1.36. The molecule has 1 aromatic rings. The van der Waals surface area contributed by atoms with Gasteiger partial charge >= 0.3 is 0 Å². The molecule has 0 saturated carbocycles. The molecule has 0 saturated heterocycles. The van der Waals surface area contributed by atoms with Crippen molar-refractivity contribution >= 4 is 16.8 Å². The highest BCUT2D eigenvalue weighted by Gasteiger charge is 1.97. The summed E-state index contributed by atoms with van der Waals surface area (Å²) < 4.78 is 21.0. The van der Waals surface area contributed by atoms with Gasteiger partial charge in [-0.1, -0.05) is 6.07 Å². The molecule has 0 heterocycles. The second-order valence-corrected chi connectivity index (χ2v) is 3.17. The molecule has 11 heavy (non-hydrogen) atoms. The first-order valence-electron chi connectivity index (χ1n) is 3.06. The molecule has 1 unspecified atom stereocenters. The summed E-state index contributed by atoms with van der Waals surface area (Å²) in [6.45, 7) is 1.73. The first-order valence-corrected chi connectivity index (χ1v) is 4.14. The lowest BCUT2D eigenvalue weighted by molar-refractivity contribution is 0.536. The highest BCUT2D eigenvalue weighted by atomic mass is 32.2. The number of nitrogens with two attached hydrogens (primary N) is 1. The SMILES string of the molecule is Cc1ccc(N)cc1S(=O)[O-]. The summed E-state index contributed by atoms with van der Waals surface area (Å²) in [5.74, 6) is 0. The van der Waals surface area contributed by atoms with E-state index in [0.29, 0.717) is 11.3 Å². The van der Waals surface area contributed by atoms with Gasteiger partial charge in [-0.15, -0.1) is 0 Å². The molecule has 0 amide bonds. The highest BCUT2D eigenvalue weighted by molar-refractivity contribution is 7.79. The summed E-state index contributed by atoms with van der Waals surface area (Å²) in [7, 11) is 0. The molecule has 2 N–H and O–H groups in total. The van der Waals surface area contributed by atoms with Crippen LogP contribution < -0.4 is 5.73 Å². The number of nitrogen functional groups attached to an aromatic ring is 1. The number of hydrogen-bond donors (Lipinski definition) is 1. The predicted octanol–water partition coefficient (Wildman–Crippen LogP) is 0.815. The Kier molecular flexibility index (Phi) is 2.26. The molecule has 0 bridgehead atoms. The molecule has 0 fully saturated rings. The normalized spacial score (nSPS) is 12.9. The molecule has 1 rings (SSSR count). The molecule has 4 heteroatoms. The van der Waals surface area contributed by atoms with Crippen LogP contribution in [0.5, 0.6) is 0 Å². The van der Waals surface area contributed by atoms with E-state index in [9.17, 15) is 8.76 Å². The maximum Gasteiger partial charge on any atom is 0.0325 e. The average molecular weight is 170 g/mol. The van der Waals surface area contributed by atoms with Crippen LogP contribution in [0, 0.1) is 6.92 Å². The summed E-state index contributed by atoms with van der Waals surface area (Å²) in [6.07, 6.45) is 0. The Bertz CT molecular complexity index is 298. The minimum Gasteiger partial charge on any atom is -0.768 e. The molecule has 0 aliphatic carbocycles. The summed E-state index contributed by atoms with van der Waals surface area (Å²) in [4.78, 5) is 0.269. The van der Waals surface area contributed by atoms with Crippen LogP contribution >= 0.6 is 0 Å². The number of rotatable bonds is 1. The second kappa shape index (κ2) is 3.02. The van der Waals surface area contributed by atoms with E-state index in [2.05, 4.69) is 0 Å². The zero-order valence-corrected chi connectivity index (χ0v) is 6.85. The molecule has 60 valence electrons. The van der Waals surface area contributed by atoms with E-state index in [1.54, 1.807) is 19.1 Å². The minimum absolute atomic E-state index is 0.269. The van der Waals surface area contributed by atoms with E-state index in [4.69, 9.17) is 5.73 Å². The van der Waals surface area contributed by atoms with Crippen LogP contribution in [0.3, 0.4) is 0 Å². The Labute approximate surface area is 67.5 Å². The highest BCUT2D eigenvalue weighted by Crippen LogP contribution is 2.14. The lowest BCUT2D eigenvalue weighted by Gasteiger charge is -2.08. The quantitative estimate of drug-likeness (QED) is 0.501. The molecule has 0 aliphatic rings. The van der Waals surface area contributed by atoms with E-state index >= 15 is 0 Å². The Balaban J connectivity index is 3.23. The number of benzene rings is 1. The van der Waals surface area contributed by atoms with Crippen molar-refractivity contribution in [2.24, 2.45) is 0 Å². The Morgan fingerprint density at radius 2 is 2.18 bits per heavy atom. The van der Waals surface area contributed by atoms with Crippen LogP contribution in [-0.4, -0.2) is 8.76 Å². The van der Waals surface area contributed by atoms with Gasteiger partial charge in [-0.25, -0.2) is 0 Å². The fourth-order valence-electron chi connectivity index (χ4n) is 0.796. The first-order chi connectivity index (χ1) is 5.11. The lowest BCUT2D eigenvalue weighted by Crippen LogP contribution is -1.94. The monoisotopic (exact) mass is 170 g/mol. The topological polar surface area (TPSA) is 66.2 Å². The lowest BCUT2D eigenvalue weighted by atomic mass is 10.2. The van der Waals surface area contributed by atoms with Gasteiger partial charge in [0.15, 0.2) is 0 Å². The van der Waals surface area contributed by atoms with Crippen molar-refractivity contribution in [3.8, 4) is 0 Å². The van der Waals surface area contributed by atoms with Crippen LogP contribution in [0.4, 0.5) is 5.69 Å². The van der Waals surface area contributed by atoms with Gasteiger partial charge in [0.2, 0.25) is 0 Å². The smallest absolute Gasteiger partial charge is 0.0325 e. The number of hydrogen-bond acceptors (Lipinski definition) is 3. The van der Waals surface area contributed by atoms with Crippen molar-refractivity contribution in [3.63, 3.8) is 0 Å². The third-order valence-corrected chi connectivity index (χ3v) is 2.19. The van der Waals surface area contributed by atoms with Crippen molar-refractivity contribution < 1.29 is 8.76 Å². The molecular weight excluding hydrogens is 162 g/mol. The van der Waals surface area contributed by atoms with Crippen LogP contribution in [-0.2, 0) is 11.1 Å². The summed E-state index contributed by atoms with van der Waals surface area (Å²) in [5.41, 5.74) is 6.57. The number of aryl methyl sites for hydroxylation is 1. The first kappa shape index (κ1) is 8.23. The van der Waals surface area contributed by atoms with Crippen LogP contribution in [0.1, 0.15) is 5.56 Å². The Morgan fingerprint density at radius 3 is 2.64 bits per heavy atom. The van der Waals surface area contributed by atoms with Gasteiger partial charge in [0, 0.05) is 10.6 Å². The van der Waals surface area contributed by atoms with Crippen molar-refractivity contribution in [2.45, 2.75) is 11.8 Å². The Morgan fingerprint density at radius 1 is 1.55 bits per heavy atom. The van der Waals surface area contributed by atoms with Gasteiger partial charge in [0.1, 0.15) is 0 Å². The second-order valence-electron chi connectivity index (χ2n) is 2.26. The van der Waals surface area contributed by atoms with Gasteiger partial charge in [0.25, 0.3) is 0 Å². The molecule has 0 aliphatic heterocycles. The van der Waals surface area contributed by atoms with Crippen molar-refractivity contribution in [2.75, 3.05) is 5.73 Å². The zero-order valence-electron chi connectivity index (χ0n) is 6.03. The predicted molar refractivity (Wildman–Crippen MR) is 42.8 cm³/mol. The Hall–Kier alpha value is -0.870. The molecule has 1 aromatic carbocycles. The standard InChI is InChI=1S/C7H9NO2S/c1-5-2-3-6(8)4-7(5)11(9)10/h2-4H,8H2,1H3,(H,9,10)/p-1. The third-order valence-electron chi connectivity index (χ3n) is 1.39. The van der Waals surface area contributed by atoms with Gasteiger partial charge in [-0.2, -0.15) is 0 Å². The molecule has 0 spiro atoms. The summed E-state index contributed by atoms with van der Waals surface area (Å²) >= 11 is -2.18. The van der Waals surface area contributed by atoms with Crippen molar-refractivity contribution in [1.29, 1.82) is 0 Å². The van der Waals surface area contributed by atoms with Crippen molar-refractivity contribution in [3.05, 3.63) is 23.8 Å². The van der Waals surface area contributed by atoms with E-state index in [-0.39, 0.29) is 4.90 Å². The number of anilines is 1. The van der Waals surface area contributed by atoms with E-state index < -0.39 is 11.1 Å². The molecular formula is C7H8NO2S-. The van der Waals surface area contributed by atoms with Gasteiger partial charge in [0.05, 0.1) is 0 Å². The van der Waals surface area contributed by atoms with E-state index in [1.807, 2.05) is 0 Å². The van der Waals surface area contributed by atoms with E-state index in [0.717, 1.165) is 0 Å². The largest absolute Gasteiger partial charge is 0.768 e. The maximum absolute atomic E-state index is 10.5. The van der Waals surface area contributed by atoms with Gasteiger partial charge < -0.3 is 10.3 Å². The van der Waals surface area contributed by atoms with Crippen LogP contribution in [0.25, 0.3) is 0 Å². The summed E-state index contributed by atoms with van der Waals surface area (Å²) in [6, 6.07) is 4.80. The molecule has 0 radical (unpaired) electrons. The van der Waals surface area contributed by atoms with Crippen molar-refractivity contribution in [1.82, 2.24) is 0 Å². The summed E-state index contributed by atoms with van der Waals surface area (Å²) in [5, 5.41) is 0. The maximum atomic E-state index is 10.5. The van der Waals surface area contributed by atoms with Gasteiger partial charge in [-0.3, -0.25) is 4.21 Å². The minimum atomic E-state index is -2.18. The molecule has 0 aromatic heterocycles. The van der Waals surface area contributed by atoms with Crippen LogP contribution in [0.2, 0.25) is 0 Å². The molecule has 1 atom stereocenters. The average Bonchev–Trinajstić information content (AvgIpc) is 1.94. The van der Waals surface area contributed by atoms with Crippen LogP contribution in [0.15, 0.2) is 23.1 Å². The van der Waals surface area contributed by atoms with E-state index in [1.165, 1.54) is 6.07 Å². The molecule has 3 nitrogen and oxygen atoms in total. The zero-order chi connectivity index (χ0) is 8.43.